The molecule has 2 aromatic carbocycles. The zero-order valence-corrected chi connectivity index (χ0v) is 10.7. The molecule has 0 fully saturated rings. The number of para-hydroxylation sites is 1. The molecule has 4 heteroatoms. The number of pyridine rings is 1. The molecule has 0 amide bonds. The van der Waals surface area contributed by atoms with Crippen LogP contribution in [0.5, 0.6) is 5.75 Å². The molecule has 0 atom stereocenters. The van der Waals surface area contributed by atoms with Crippen LogP contribution in [-0.4, -0.2) is 4.98 Å². The summed E-state index contributed by atoms with van der Waals surface area (Å²) in [7, 11) is 0. The summed E-state index contributed by atoms with van der Waals surface area (Å²) in [6, 6.07) is 16.0. The summed E-state index contributed by atoms with van der Waals surface area (Å²) < 4.78 is 19.0. The lowest BCUT2D eigenvalue weighted by Crippen LogP contribution is -2.00. The van der Waals surface area contributed by atoms with Crippen LogP contribution >= 0.6 is 0 Å². The van der Waals surface area contributed by atoms with E-state index in [0.29, 0.717) is 5.69 Å². The Morgan fingerprint density at radius 3 is 2.75 bits per heavy atom. The van der Waals surface area contributed by atoms with E-state index in [2.05, 4.69) is 4.98 Å². The Labute approximate surface area is 115 Å². The average Bonchev–Trinajstić information content (AvgIpc) is 2.46. The first kappa shape index (κ1) is 12.4. The molecular formula is C16H13FN2O. The van der Waals surface area contributed by atoms with Crippen LogP contribution in [0.15, 0.2) is 54.6 Å². The number of aromatic nitrogens is 1. The molecule has 0 bridgehead atoms. The van der Waals surface area contributed by atoms with Gasteiger partial charge >= 0.3 is 0 Å². The Hall–Kier alpha value is -2.62. The Morgan fingerprint density at radius 1 is 1.05 bits per heavy atom. The van der Waals surface area contributed by atoms with Crippen LogP contribution in [0.1, 0.15) is 5.69 Å². The van der Waals surface area contributed by atoms with Crippen molar-refractivity contribution in [1.82, 2.24) is 4.98 Å². The van der Waals surface area contributed by atoms with E-state index in [4.69, 9.17) is 10.5 Å². The molecule has 1 heterocycles. The molecule has 0 spiro atoms. The van der Waals surface area contributed by atoms with E-state index in [-0.39, 0.29) is 12.4 Å². The molecule has 3 nitrogen and oxygen atoms in total. The molecule has 0 aliphatic heterocycles. The van der Waals surface area contributed by atoms with Gasteiger partial charge in [-0.05, 0) is 24.3 Å². The fraction of sp³-hybridized carbons (Fsp3) is 0.0625. The lowest BCUT2D eigenvalue weighted by atomic mass is 10.2. The lowest BCUT2D eigenvalue weighted by Gasteiger charge is -2.08. The van der Waals surface area contributed by atoms with Crippen LogP contribution in [0.4, 0.5) is 10.1 Å². The predicted molar refractivity (Wildman–Crippen MR) is 76.9 cm³/mol. The molecule has 2 N–H and O–H groups in total. The van der Waals surface area contributed by atoms with Crippen molar-refractivity contribution in [3.05, 3.63) is 66.1 Å². The molecule has 0 saturated heterocycles. The van der Waals surface area contributed by atoms with Crippen molar-refractivity contribution in [2.75, 3.05) is 5.73 Å². The second kappa shape index (κ2) is 5.17. The van der Waals surface area contributed by atoms with Gasteiger partial charge in [0.25, 0.3) is 0 Å². The van der Waals surface area contributed by atoms with Crippen molar-refractivity contribution < 1.29 is 9.13 Å². The first-order valence-corrected chi connectivity index (χ1v) is 6.25. The minimum absolute atomic E-state index is 0.175. The minimum atomic E-state index is -0.467. The first-order valence-electron chi connectivity index (χ1n) is 6.25. The van der Waals surface area contributed by atoms with E-state index in [1.54, 1.807) is 6.07 Å². The number of rotatable bonds is 3. The third-order valence-electron chi connectivity index (χ3n) is 2.99. The maximum atomic E-state index is 13.6. The quantitative estimate of drug-likeness (QED) is 0.739. The minimum Gasteiger partial charge on any atom is -0.484 e. The molecule has 0 saturated carbocycles. The topological polar surface area (TPSA) is 48.1 Å². The molecule has 0 aliphatic rings. The van der Waals surface area contributed by atoms with Crippen LogP contribution in [-0.2, 0) is 6.61 Å². The highest BCUT2D eigenvalue weighted by molar-refractivity contribution is 5.78. The van der Waals surface area contributed by atoms with Crippen molar-refractivity contribution in [1.29, 1.82) is 0 Å². The number of nitrogens with two attached hydrogens (primary N) is 1. The largest absolute Gasteiger partial charge is 0.484 e. The highest BCUT2D eigenvalue weighted by atomic mass is 19.1. The van der Waals surface area contributed by atoms with E-state index in [1.165, 1.54) is 12.1 Å². The van der Waals surface area contributed by atoms with Crippen molar-refractivity contribution >= 4 is 16.6 Å². The molecular weight excluding hydrogens is 255 g/mol. The smallest absolute Gasteiger partial charge is 0.167 e. The number of ether oxygens (including phenoxy) is 1. The fourth-order valence-corrected chi connectivity index (χ4v) is 1.97. The molecule has 100 valence electrons. The third kappa shape index (κ3) is 2.54. The van der Waals surface area contributed by atoms with Gasteiger partial charge < -0.3 is 10.5 Å². The van der Waals surface area contributed by atoms with Gasteiger partial charge in [0.2, 0.25) is 0 Å². The first-order chi connectivity index (χ1) is 9.72. The average molecular weight is 268 g/mol. The van der Waals surface area contributed by atoms with Crippen molar-refractivity contribution in [2.24, 2.45) is 0 Å². The predicted octanol–water partition coefficient (Wildman–Crippen LogP) is 3.54. The second-order valence-corrected chi connectivity index (χ2v) is 4.47. The van der Waals surface area contributed by atoms with Crippen molar-refractivity contribution in [3.63, 3.8) is 0 Å². The zero-order valence-electron chi connectivity index (χ0n) is 10.7. The van der Waals surface area contributed by atoms with E-state index in [0.717, 1.165) is 16.6 Å². The summed E-state index contributed by atoms with van der Waals surface area (Å²) in [5.41, 5.74) is 7.51. The lowest BCUT2D eigenvalue weighted by molar-refractivity contribution is 0.286. The third-order valence-corrected chi connectivity index (χ3v) is 2.99. The highest BCUT2D eigenvalue weighted by Gasteiger charge is 2.05. The van der Waals surface area contributed by atoms with Gasteiger partial charge in [-0.2, -0.15) is 0 Å². The summed E-state index contributed by atoms with van der Waals surface area (Å²) in [5, 5.41) is 1.06. The standard InChI is InChI=1S/C16H13FN2O/c17-14-9-12(18)6-8-16(14)20-10-13-7-5-11-3-1-2-4-15(11)19-13/h1-9H,10,18H2. The molecule has 3 aromatic rings. The fourth-order valence-electron chi connectivity index (χ4n) is 1.97. The van der Waals surface area contributed by atoms with E-state index < -0.39 is 5.82 Å². The monoisotopic (exact) mass is 268 g/mol. The van der Waals surface area contributed by atoms with Gasteiger partial charge in [-0.3, -0.25) is 0 Å². The number of nitrogen functional groups attached to an aromatic ring is 1. The maximum Gasteiger partial charge on any atom is 0.167 e. The van der Waals surface area contributed by atoms with Gasteiger partial charge in [-0.1, -0.05) is 24.3 Å². The van der Waals surface area contributed by atoms with Crippen LogP contribution in [0.3, 0.4) is 0 Å². The van der Waals surface area contributed by atoms with Gasteiger partial charge in [-0.25, -0.2) is 9.37 Å². The SMILES string of the molecule is Nc1ccc(OCc2ccc3ccccc3n2)c(F)c1. The van der Waals surface area contributed by atoms with Crippen LogP contribution < -0.4 is 10.5 Å². The number of benzene rings is 2. The molecule has 1 aromatic heterocycles. The maximum absolute atomic E-state index is 13.6. The Kier molecular flexibility index (Phi) is 3.21. The van der Waals surface area contributed by atoms with Crippen molar-refractivity contribution in [3.8, 4) is 5.75 Å². The molecule has 20 heavy (non-hydrogen) atoms. The van der Waals surface area contributed by atoms with Gasteiger partial charge in [0.1, 0.15) is 6.61 Å². The summed E-state index contributed by atoms with van der Waals surface area (Å²) >= 11 is 0. The second-order valence-electron chi connectivity index (χ2n) is 4.47. The number of hydrogen-bond donors (Lipinski definition) is 1. The number of anilines is 1. The number of fused-ring (bicyclic) bond motifs is 1. The summed E-state index contributed by atoms with van der Waals surface area (Å²) in [6.45, 7) is 0.214. The van der Waals surface area contributed by atoms with E-state index >= 15 is 0 Å². The van der Waals surface area contributed by atoms with Gasteiger partial charge in [0.15, 0.2) is 11.6 Å². The normalized spacial score (nSPS) is 10.7. The molecule has 3 rings (SSSR count). The van der Waals surface area contributed by atoms with Gasteiger partial charge in [0.05, 0.1) is 11.2 Å². The highest BCUT2D eigenvalue weighted by Crippen LogP contribution is 2.20. The van der Waals surface area contributed by atoms with Crippen LogP contribution in [0, 0.1) is 5.82 Å². The van der Waals surface area contributed by atoms with Crippen molar-refractivity contribution in [2.45, 2.75) is 6.61 Å². The van der Waals surface area contributed by atoms with Gasteiger partial charge in [-0.15, -0.1) is 0 Å². The zero-order chi connectivity index (χ0) is 13.9. The number of hydrogen-bond acceptors (Lipinski definition) is 3. The Bertz CT molecular complexity index is 758. The summed E-state index contributed by atoms with van der Waals surface area (Å²) in [4.78, 5) is 4.47. The number of nitrogens with zero attached hydrogens (tertiary/aromatic N) is 1. The molecule has 0 aliphatic carbocycles. The van der Waals surface area contributed by atoms with E-state index in [1.807, 2.05) is 36.4 Å². The molecule has 0 unspecified atom stereocenters. The van der Waals surface area contributed by atoms with Crippen LogP contribution in [0.2, 0.25) is 0 Å². The summed E-state index contributed by atoms with van der Waals surface area (Å²) in [6.07, 6.45) is 0. The Balaban J connectivity index is 1.79. The van der Waals surface area contributed by atoms with Gasteiger partial charge in [0, 0.05) is 17.1 Å². The summed E-state index contributed by atoms with van der Waals surface area (Å²) in [5.74, 6) is -0.292. The van der Waals surface area contributed by atoms with E-state index in [9.17, 15) is 4.39 Å². The number of halogens is 1. The molecule has 0 radical (unpaired) electrons. The van der Waals surface area contributed by atoms with Crippen LogP contribution in [0.25, 0.3) is 10.9 Å². The Morgan fingerprint density at radius 2 is 1.90 bits per heavy atom.